The fraction of sp³-hybridized carbons (Fsp3) is 0.833. The summed E-state index contributed by atoms with van der Waals surface area (Å²) in [5, 5.41) is 0. The van der Waals surface area contributed by atoms with Gasteiger partial charge in [-0.1, -0.05) is 13.8 Å². The molecule has 3 nitrogen and oxygen atoms in total. The summed E-state index contributed by atoms with van der Waals surface area (Å²) in [6.45, 7) is 5.63. The monoisotopic (exact) mass is 210 g/mol. The Morgan fingerprint density at radius 3 is 2.60 bits per heavy atom. The van der Waals surface area contributed by atoms with Crippen LogP contribution in [0, 0.1) is 11.3 Å². The van der Waals surface area contributed by atoms with Gasteiger partial charge in [0.15, 0.2) is 0 Å². The van der Waals surface area contributed by atoms with E-state index in [1.165, 1.54) is 6.92 Å². The number of fused-ring (bicyclic) bond motifs is 3. The number of esters is 1. The molecule has 0 heterocycles. The van der Waals surface area contributed by atoms with Crippen molar-refractivity contribution in [1.29, 1.82) is 0 Å². The molecule has 0 aromatic heterocycles. The van der Waals surface area contributed by atoms with Gasteiger partial charge in [0.2, 0.25) is 0 Å². The van der Waals surface area contributed by atoms with E-state index in [-0.39, 0.29) is 23.1 Å². The third kappa shape index (κ3) is 1.68. The predicted molar refractivity (Wildman–Crippen MR) is 55.2 cm³/mol. The standard InChI is InChI=1S/C12H18O3/c1-8(13)15-12-5-4-9(10(14)6-12)11(2,3)7-12/h9H,4-7H2,1-3H3. The second-order valence-corrected chi connectivity index (χ2v) is 5.68. The van der Waals surface area contributed by atoms with Crippen molar-refractivity contribution in [3.05, 3.63) is 0 Å². The van der Waals surface area contributed by atoms with Crippen molar-refractivity contribution in [2.75, 3.05) is 0 Å². The number of carbonyl (C=O) groups is 2. The van der Waals surface area contributed by atoms with E-state index in [2.05, 4.69) is 13.8 Å². The molecule has 0 aliphatic heterocycles. The van der Waals surface area contributed by atoms with Gasteiger partial charge in [-0.25, -0.2) is 0 Å². The summed E-state index contributed by atoms with van der Waals surface area (Å²) in [7, 11) is 0. The molecule has 84 valence electrons. The Labute approximate surface area is 90.2 Å². The van der Waals surface area contributed by atoms with Crippen molar-refractivity contribution in [3.8, 4) is 0 Å². The van der Waals surface area contributed by atoms with Crippen molar-refractivity contribution in [2.24, 2.45) is 11.3 Å². The van der Waals surface area contributed by atoms with Crippen molar-refractivity contribution >= 4 is 11.8 Å². The Morgan fingerprint density at radius 1 is 1.47 bits per heavy atom. The molecule has 3 heteroatoms. The summed E-state index contributed by atoms with van der Waals surface area (Å²) >= 11 is 0. The van der Waals surface area contributed by atoms with Crippen LogP contribution in [0.15, 0.2) is 0 Å². The van der Waals surface area contributed by atoms with Gasteiger partial charge in [0.05, 0.1) is 0 Å². The van der Waals surface area contributed by atoms with Crippen LogP contribution in [0.25, 0.3) is 0 Å². The maximum Gasteiger partial charge on any atom is 0.303 e. The fourth-order valence-electron chi connectivity index (χ4n) is 3.46. The molecule has 3 aliphatic rings. The Kier molecular flexibility index (Phi) is 2.18. The van der Waals surface area contributed by atoms with Crippen molar-refractivity contribution in [1.82, 2.24) is 0 Å². The highest BCUT2D eigenvalue weighted by Gasteiger charge is 2.55. The zero-order valence-corrected chi connectivity index (χ0v) is 9.63. The average Bonchev–Trinajstić information content (AvgIpc) is 1.97. The zero-order chi connectivity index (χ0) is 11.3. The normalized spacial score (nSPS) is 37.8. The van der Waals surface area contributed by atoms with Crippen LogP contribution >= 0.6 is 0 Å². The van der Waals surface area contributed by atoms with Crippen molar-refractivity contribution in [2.45, 2.75) is 52.1 Å². The second-order valence-electron chi connectivity index (χ2n) is 5.68. The van der Waals surface area contributed by atoms with Gasteiger partial charge in [-0.05, 0) is 24.7 Å². The molecule has 0 N–H and O–H groups in total. The van der Waals surface area contributed by atoms with Gasteiger partial charge in [0, 0.05) is 19.3 Å². The van der Waals surface area contributed by atoms with Crippen LogP contribution in [0.3, 0.4) is 0 Å². The lowest BCUT2D eigenvalue weighted by Gasteiger charge is -2.53. The van der Waals surface area contributed by atoms with E-state index in [0.717, 1.165) is 19.3 Å². The third-order valence-electron chi connectivity index (χ3n) is 3.86. The number of ketones is 1. The first-order valence-electron chi connectivity index (χ1n) is 5.57. The van der Waals surface area contributed by atoms with E-state index in [4.69, 9.17) is 4.74 Å². The molecule has 0 saturated heterocycles. The Morgan fingerprint density at radius 2 is 2.13 bits per heavy atom. The van der Waals surface area contributed by atoms with Crippen LogP contribution < -0.4 is 0 Å². The largest absolute Gasteiger partial charge is 0.459 e. The van der Waals surface area contributed by atoms with Gasteiger partial charge in [-0.2, -0.15) is 0 Å². The number of rotatable bonds is 1. The molecule has 0 radical (unpaired) electrons. The quantitative estimate of drug-likeness (QED) is 0.622. The Balaban J connectivity index is 2.27. The first-order chi connectivity index (χ1) is 6.85. The van der Waals surface area contributed by atoms with E-state index in [9.17, 15) is 9.59 Å². The molecular weight excluding hydrogens is 192 g/mol. The molecule has 2 atom stereocenters. The molecule has 0 spiro atoms. The lowest BCUT2D eigenvalue weighted by Crippen LogP contribution is -2.55. The van der Waals surface area contributed by atoms with E-state index in [0.29, 0.717) is 6.42 Å². The number of hydrogen-bond acceptors (Lipinski definition) is 3. The fourth-order valence-corrected chi connectivity index (χ4v) is 3.46. The molecule has 3 rings (SSSR count). The molecule has 3 aliphatic carbocycles. The van der Waals surface area contributed by atoms with E-state index in [1.54, 1.807) is 0 Å². The molecule has 0 amide bonds. The lowest BCUT2D eigenvalue weighted by atomic mass is 9.55. The third-order valence-corrected chi connectivity index (χ3v) is 3.86. The van der Waals surface area contributed by atoms with Crippen LogP contribution in [-0.4, -0.2) is 17.4 Å². The second kappa shape index (κ2) is 3.06. The average molecular weight is 210 g/mol. The minimum Gasteiger partial charge on any atom is -0.459 e. The molecule has 0 aromatic rings. The highest BCUT2D eigenvalue weighted by molar-refractivity contribution is 5.85. The van der Waals surface area contributed by atoms with Crippen LogP contribution in [0.2, 0.25) is 0 Å². The molecule has 2 unspecified atom stereocenters. The maximum absolute atomic E-state index is 11.9. The molecule has 3 saturated carbocycles. The van der Waals surface area contributed by atoms with E-state index >= 15 is 0 Å². The first-order valence-corrected chi connectivity index (χ1v) is 5.57. The Hall–Kier alpha value is -0.860. The summed E-state index contributed by atoms with van der Waals surface area (Å²) in [5.74, 6) is 0.188. The van der Waals surface area contributed by atoms with E-state index < -0.39 is 5.60 Å². The lowest BCUT2D eigenvalue weighted by molar-refractivity contribution is -0.183. The highest BCUT2D eigenvalue weighted by Crippen LogP contribution is 2.54. The smallest absolute Gasteiger partial charge is 0.303 e. The van der Waals surface area contributed by atoms with E-state index in [1.807, 2.05) is 0 Å². The van der Waals surface area contributed by atoms with Gasteiger partial charge < -0.3 is 4.74 Å². The summed E-state index contributed by atoms with van der Waals surface area (Å²) in [6.07, 6.45) is 2.99. The summed E-state index contributed by atoms with van der Waals surface area (Å²) in [6, 6.07) is 0. The summed E-state index contributed by atoms with van der Waals surface area (Å²) in [4.78, 5) is 22.9. The molecule has 0 aromatic carbocycles. The summed E-state index contributed by atoms with van der Waals surface area (Å²) < 4.78 is 5.41. The zero-order valence-electron chi connectivity index (χ0n) is 9.63. The topological polar surface area (TPSA) is 43.4 Å². The number of Topliss-reactive ketones (excluding diaryl/α,β-unsaturated/α-hetero) is 1. The van der Waals surface area contributed by atoms with Crippen molar-refractivity contribution in [3.63, 3.8) is 0 Å². The molecule has 15 heavy (non-hydrogen) atoms. The number of hydrogen-bond donors (Lipinski definition) is 0. The minimum absolute atomic E-state index is 0.0109. The van der Waals surface area contributed by atoms with Gasteiger partial charge in [0.1, 0.15) is 11.4 Å². The molecule has 3 fully saturated rings. The van der Waals surface area contributed by atoms with Crippen LogP contribution in [0.4, 0.5) is 0 Å². The molecule has 2 bridgehead atoms. The minimum atomic E-state index is -0.485. The van der Waals surface area contributed by atoms with Gasteiger partial charge in [-0.15, -0.1) is 0 Å². The van der Waals surface area contributed by atoms with Crippen LogP contribution in [0.5, 0.6) is 0 Å². The van der Waals surface area contributed by atoms with Crippen LogP contribution in [0.1, 0.15) is 46.5 Å². The number of carbonyl (C=O) groups excluding carboxylic acids is 2. The SMILES string of the molecule is CC(=O)OC12CCC(C(=O)C1)C(C)(C)C2. The van der Waals surface area contributed by atoms with Gasteiger partial charge in [-0.3, -0.25) is 9.59 Å². The van der Waals surface area contributed by atoms with Gasteiger partial charge in [0.25, 0.3) is 0 Å². The highest BCUT2D eigenvalue weighted by atomic mass is 16.6. The number of ether oxygens (including phenoxy) is 1. The summed E-state index contributed by atoms with van der Waals surface area (Å²) in [5.41, 5.74) is -0.496. The predicted octanol–water partition coefficient (Wildman–Crippen LogP) is 2.09. The van der Waals surface area contributed by atoms with Crippen LogP contribution in [-0.2, 0) is 14.3 Å². The van der Waals surface area contributed by atoms with Crippen molar-refractivity contribution < 1.29 is 14.3 Å². The van der Waals surface area contributed by atoms with Gasteiger partial charge >= 0.3 is 5.97 Å². The first kappa shape index (κ1) is 10.7. The maximum atomic E-state index is 11.9. The molecular formula is C12H18O3. The Bertz CT molecular complexity index is 315.